The first-order valence-corrected chi connectivity index (χ1v) is 7.56. The molecular weight excluding hydrogens is 264 g/mol. The summed E-state index contributed by atoms with van der Waals surface area (Å²) >= 11 is 0. The molecule has 110 valence electrons. The highest BCUT2D eigenvalue weighted by Gasteiger charge is 2.23. The number of amides is 1. The zero-order chi connectivity index (χ0) is 14.8. The monoisotopic (exact) mass is 284 g/mol. The van der Waals surface area contributed by atoms with Crippen LogP contribution in [0.3, 0.4) is 0 Å². The van der Waals surface area contributed by atoms with E-state index in [1.54, 1.807) is 17.0 Å². The maximum Gasteiger partial charge on any atom is 0.270 e. The van der Waals surface area contributed by atoms with Crippen LogP contribution in [0.25, 0.3) is 10.8 Å². The van der Waals surface area contributed by atoms with Crippen LogP contribution in [0, 0.1) is 0 Å². The van der Waals surface area contributed by atoms with Crippen LogP contribution in [0.1, 0.15) is 42.6 Å². The van der Waals surface area contributed by atoms with E-state index in [9.17, 15) is 9.59 Å². The molecule has 1 fully saturated rings. The van der Waals surface area contributed by atoms with Gasteiger partial charge < -0.3 is 9.88 Å². The van der Waals surface area contributed by atoms with E-state index >= 15 is 0 Å². The molecule has 2 aromatic rings. The molecule has 1 aromatic heterocycles. The molecule has 1 amide bonds. The van der Waals surface area contributed by atoms with E-state index in [0.29, 0.717) is 17.1 Å². The zero-order valence-corrected chi connectivity index (χ0v) is 12.3. The second kappa shape index (κ2) is 5.72. The van der Waals surface area contributed by atoms with E-state index in [1.807, 2.05) is 25.2 Å². The van der Waals surface area contributed by atoms with Crippen LogP contribution in [0.2, 0.25) is 0 Å². The van der Waals surface area contributed by atoms with E-state index in [2.05, 4.69) is 4.98 Å². The number of nitrogens with zero attached hydrogens (tertiary/aromatic N) is 1. The SMILES string of the molecule is CN(C(=O)c1cc2ccccc2c(=O)[nH]1)C1CCCCC1. The Kier molecular flexibility index (Phi) is 3.78. The third kappa shape index (κ3) is 2.71. The van der Waals surface area contributed by atoms with Gasteiger partial charge in [0.05, 0.1) is 0 Å². The minimum atomic E-state index is -0.200. The smallest absolute Gasteiger partial charge is 0.270 e. The highest BCUT2D eigenvalue weighted by atomic mass is 16.2. The molecule has 4 nitrogen and oxygen atoms in total. The maximum atomic E-state index is 12.6. The highest BCUT2D eigenvalue weighted by Crippen LogP contribution is 2.22. The van der Waals surface area contributed by atoms with Crippen LogP contribution in [0.5, 0.6) is 0 Å². The second-order valence-electron chi connectivity index (χ2n) is 5.81. The zero-order valence-electron chi connectivity index (χ0n) is 12.3. The standard InChI is InChI=1S/C17H20N2O2/c1-19(13-8-3-2-4-9-13)17(21)15-11-12-7-5-6-10-14(12)16(20)18-15/h5-7,10-11,13H,2-4,8-9H2,1H3,(H,18,20). The van der Waals surface area contributed by atoms with Crippen molar-refractivity contribution < 1.29 is 4.79 Å². The molecule has 1 aromatic carbocycles. The Morgan fingerprint density at radius 3 is 2.67 bits per heavy atom. The van der Waals surface area contributed by atoms with Crippen LogP contribution in [-0.2, 0) is 0 Å². The van der Waals surface area contributed by atoms with Gasteiger partial charge in [-0.1, -0.05) is 37.5 Å². The number of fused-ring (bicyclic) bond motifs is 1. The van der Waals surface area contributed by atoms with Crippen molar-refractivity contribution in [1.82, 2.24) is 9.88 Å². The van der Waals surface area contributed by atoms with E-state index < -0.39 is 0 Å². The molecule has 21 heavy (non-hydrogen) atoms. The normalized spacial score (nSPS) is 16.0. The molecule has 0 radical (unpaired) electrons. The first-order chi connectivity index (χ1) is 10.2. The maximum absolute atomic E-state index is 12.6. The summed E-state index contributed by atoms with van der Waals surface area (Å²) in [7, 11) is 1.84. The van der Waals surface area contributed by atoms with Gasteiger partial charge >= 0.3 is 0 Å². The van der Waals surface area contributed by atoms with Crippen molar-refractivity contribution in [3.05, 3.63) is 46.4 Å². The average Bonchev–Trinajstić information content (AvgIpc) is 2.54. The van der Waals surface area contributed by atoms with Crippen LogP contribution in [0.15, 0.2) is 35.1 Å². The Morgan fingerprint density at radius 1 is 1.19 bits per heavy atom. The number of carbonyl (C=O) groups is 1. The summed E-state index contributed by atoms with van der Waals surface area (Å²) in [6.07, 6.45) is 5.72. The van der Waals surface area contributed by atoms with Crippen LogP contribution in [-0.4, -0.2) is 28.9 Å². The summed E-state index contributed by atoms with van der Waals surface area (Å²) in [5.74, 6) is -0.0928. The fraction of sp³-hybridized carbons (Fsp3) is 0.412. The summed E-state index contributed by atoms with van der Waals surface area (Å²) in [5, 5.41) is 1.43. The number of hydrogen-bond donors (Lipinski definition) is 1. The van der Waals surface area contributed by atoms with Gasteiger partial charge in [0.25, 0.3) is 11.5 Å². The third-order valence-electron chi connectivity index (χ3n) is 4.43. The Hall–Kier alpha value is -2.10. The minimum Gasteiger partial charge on any atom is -0.337 e. The van der Waals surface area contributed by atoms with Gasteiger partial charge in [0.1, 0.15) is 5.69 Å². The number of hydrogen-bond acceptors (Lipinski definition) is 2. The Labute approximate surface area is 123 Å². The topological polar surface area (TPSA) is 53.2 Å². The van der Waals surface area contributed by atoms with Crippen molar-refractivity contribution in [2.24, 2.45) is 0 Å². The largest absolute Gasteiger partial charge is 0.337 e. The molecule has 3 rings (SSSR count). The Morgan fingerprint density at radius 2 is 1.90 bits per heavy atom. The van der Waals surface area contributed by atoms with Crippen LogP contribution < -0.4 is 5.56 Å². The summed E-state index contributed by atoms with van der Waals surface area (Å²) < 4.78 is 0. The molecule has 0 atom stereocenters. The second-order valence-corrected chi connectivity index (χ2v) is 5.81. The first-order valence-electron chi connectivity index (χ1n) is 7.56. The lowest BCUT2D eigenvalue weighted by Crippen LogP contribution is -2.39. The fourth-order valence-electron chi connectivity index (χ4n) is 3.15. The molecule has 1 aliphatic carbocycles. The lowest BCUT2D eigenvalue weighted by Gasteiger charge is -2.31. The lowest BCUT2D eigenvalue weighted by molar-refractivity contribution is 0.0690. The number of aromatic amines is 1. The fourth-order valence-corrected chi connectivity index (χ4v) is 3.15. The number of benzene rings is 1. The number of nitrogens with one attached hydrogen (secondary N) is 1. The summed E-state index contributed by atoms with van der Waals surface area (Å²) in [5.41, 5.74) is 0.181. The highest BCUT2D eigenvalue weighted by molar-refractivity contribution is 5.96. The van der Waals surface area contributed by atoms with Gasteiger partial charge in [-0.25, -0.2) is 0 Å². The molecule has 1 saturated carbocycles. The minimum absolute atomic E-state index is 0.0928. The van der Waals surface area contributed by atoms with Crippen molar-refractivity contribution in [1.29, 1.82) is 0 Å². The van der Waals surface area contributed by atoms with E-state index in [-0.39, 0.29) is 11.5 Å². The molecular formula is C17H20N2O2. The molecule has 0 saturated heterocycles. The van der Waals surface area contributed by atoms with E-state index in [1.165, 1.54) is 19.3 Å². The van der Waals surface area contributed by atoms with Gasteiger partial charge in [-0.2, -0.15) is 0 Å². The number of rotatable bonds is 2. The van der Waals surface area contributed by atoms with Gasteiger partial charge in [-0.05, 0) is 30.4 Å². The molecule has 0 spiro atoms. The molecule has 4 heteroatoms. The van der Waals surface area contributed by atoms with Gasteiger partial charge in [0, 0.05) is 18.5 Å². The lowest BCUT2D eigenvalue weighted by atomic mass is 9.94. The number of aromatic nitrogens is 1. The van der Waals surface area contributed by atoms with Gasteiger partial charge in [0.2, 0.25) is 0 Å². The molecule has 0 bridgehead atoms. The molecule has 0 aliphatic heterocycles. The predicted octanol–water partition coefficient (Wildman–Crippen LogP) is 2.93. The van der Waals surface area contributed by atoms with Crippen molar-refractivity contribution in [2.75, 3.05) is 7.05 Å². The molecule has 0 unspecified atom stereocenters. The number of pyridine rings is 1. The van der Waals surface area contributed by atoms with E-state index in [0.717, 1.165) is 18.2 Å². The number of carbonyl (C=O) groups excluding carboxylic acids is 1. The Bertz CT molecular complexity index is 714. The molecule has 1 aliphatic rings. The quantitative estimate of drug-likeness (QED) is 0.922. The average molecular weight is 284 g/mol. The van der Waals surface area contributed by atoms with Gasteiger partial charge in [0.15, 0.2) is 0 Å². The Balaban J connectivity index is 1.92. The first kappa shape index (κ1) is 13.9. The van der Waals surface area contributed by atoms with Gasteiger partial charge in [-0.3, -0.25) is 9.59 Å². The predicted molar refractivity (Wildman–Crippen MR) is 83.5 cm³/mol. The third-order valence-corrected chi connectivity index (χ3v) is 4.43. The van der Waals surface area contributed by atoms with Gasteiger partial charge in [-0.15, -0.1) is 0 Å². The molecule has 1 heterocycles. The number of H-pyrrole nitrogens is 1. The van der Waals surface area contributed by atoms with Crippen molar-refractivity contribution in [3.63, 3.8) is 0 Å². The van der Waals surface area contributed by atoms with Crippen molar-refractivity contribution >= 4 is 16.7 Å². The van der Waals surface area contributed by atoms with Crippen LogP contribution >= 0.6 is 0 Å². The summed E-state index contributed by atoms with van der Waals surface area (Å²) in [6.45, 7) is 0. The summed E-state index contributed by atoms with van der Waals surface area (Å²) in [6, 6.07) is 9.41. The van der Waals surface area contributed by atoms with Crippen molar-refractivity contribution in [2.45, 2.75) is 38.1 Å². The van der Waals surface area contributed by atoms with E-state index in [4.69, 9.17) is 0 Å². The van der Waals surface area contributed by atoms with Crippen molar-refractivity contribution in [3.8, 4) is 0 Å². The van der Waals surface area contributed by atoms with Crippen LogP contribution in [0.4, 0.5) is 0 Å². The molecule has 1 N–H and O–H groups in total. The summed E-state index contributed by atoms with van der Waals surface area (Å²) in [4.78, 5) is 29.2.